The normalized spacial score (nSPS) is 19.1. The largest absolute Gasteiger partial charge is 0.481 e. The average Bonchev–Trinajstić information content (AvgIpc) is 2.42. The molecule has 2 N–H and O–H groups in total. The molecule has 0 spiro atoms. The Kier molecular flexibility index (Phi) is 5.05. The van der Waals surface area contributed by atoms with Crippen LogP contribution in [-0.4, -0.2) is 31.5 Å². The first kappa shape index (κ1) is 17.8. The Morgan fingerprint density at radius 2 is 1.91 bits per heavy atom. The Labute approximate surface area is 133 Å². The van der Waals surface area contributed by atoms with E-state index in [2.05, 4.69) is 4.72 Å². The highest BCUT2D eigenvalue weighted by atomic mass is 32.2. The van der Waals surface area contributed by atoms with Gasteiger partial charge in [0.25, 0.3) is 0 Å². The molecule has 0 saturated heterocycles. The molecule has 1 unspecified atom stereocenters. The molecule has 1 aliphatic rings. The van der Waals surface area contributed by atoms with Crippen molar-refractivity contribution in [3.05, 3.63) is 29.8 Å². The lowest BCUT2D eigenvalue weighted by Gasteiger charge is -2.38. The summed E-state index contributed by atoms with van der Waals surface area (Å²) in [6, 6.07) is 5.33. The Balaban J connectivity index is 1.98. The van der Waals surface area contributed by atoms with E-state index < -0.39 is 28.0 Å². The molecule has 0 amide bonds. The number of nitrogens with one attached hydrogen (secondary N) is 1. The molecule has 8 heteroatoms. The van der Waals surface area contributed by atoms with Crippen molar-refractivity contribution >= 4 is 16.0 Å². The summed E-state index contributed by atoms with van der Waals surface area (Å²) in [5.74, 6) is -3.97. The van der Waals surface area contributed by atoms with Crippen LogP contribution < -0.4 is 4.72 Å². The summed E-state index contributed by atoms with van der Waals surface area (Å²) >= 11 is 0. The second kappa shape index (κ2) is 6.52. The standard InChI is InChI=1S/C15H19F2NO4S/c1-10(12-8-15(16,17)9-12)18-23(21,22)13-5-2-11(3-6-13)4-7-14(19)20/h2-3,5-6,10,12,18H,4,7-9H2,1H3,(H,19,20). The molecule has 0 heterocycles. The number of rotatable bonds is 7. The van der Waals surface area contributed by atoms with Gasteiger partial charge in [-0.25, -0.2) is 21.9 Å². The van der Waals surface area contributed by atoms with Crippen LogP contribution in [0.5, 0.6) is 0 Å². The van der Waals surface area contributed by atoms with Gasteiger partial charge in [0.05, 0.1) is 4.90 Å². The van der Waals surface area contributed by atoms with Crippen LogP contribution in [0.1, 0.15) is 31.7 Å². The van der Waals surface area contributed by atoms with Gasteiger partial charge in [-0.05, 0) is 37.0 Å². The second-order valence-corrected chi connectivity index (χ2v) is 7.69. The second-order valence-electron chi connectivity index (χ2n) is 5.97. The van der Waals surface area contributed by atoms with Gasteiger partial charge in [0.1, 0.15) is 0 Å². The minimum absolute atomic E-state index is 0.0305. The zero-order valence-electron chi connectivity index (χ0n) is 12.6. The van der Waals surface area contributed by atoms with E-state index in [1.54, 1.807) is 19.1 Å². The molecule has 23 heavy (non-hydrogen) atoms. The molecule has 0 aliphatic heterocycles. The maximum atomic E-state index is 12.9. The van der Waals surface area contributed by atoms with Crippen molar-refractivity contribution in [2.75, 3.05) is 0 Å². The summed E-state index contributed by atoms with van der Waals surface area (Å²) in [7, 11) is -3.78. The Bertz CT molecular complexity index is 665. The summed E-state index contributed by atoms with van der Waals surface area (Å²) in [6.07, 6.45) is -0.316. The molecule has 1 aliphatic carbocycles. The number of hydrogen-bond donors (Lipinski definition) is 2. The SMILES string of the molecule is CC(NS(=O)(=O)c1ccc(CCC(=O)O)cc1)C1CC(F)(F)C1. The molecule has 0 aromatic heterocycles. The number of alkyl halides is 2. The third-order valence-corrected chi connectivity index (χ3v) is 5.61. The lowest BCUT2D eigenvalue weighted by atomic mass is 9.77. The van der Waals surface area contributed by atoms with Gasteiger partial charge < -0.3 is 5.11 Å². The Hall–Kier alpha value is -1.54. The number of sulfonamides is 1. The van der Waals surface area contributed by atoms with Gasteiger partial charge in [0.2, 0.25) is 15.9 Å². The van der Waals surface area contributed by atoms with E-state index in [-0.39, 0.29) is 30.1 Å². The van der Waals surface area contributed by atoms with Crippen molar-refractivity contribution in [2.24, 2.45) is 5.92 Å². The zero-order chi connectivity index (χ0) is 17.3. The first-order valence-corrected chi connectivity index (χ1v) is 8.78. The number of aryl methyl sites for hydroxylation is 1. The molecule has 1 atom stereocenters. The topological polar surface area (TPSA) is 83.5 Å². The molecule has 5 nitrogen and oxygen atoms in total. The van der Waals surface area contributed by atoms with Crippen LogP contribution in [0.3, 0.4) is 0 Å². The van der Waals surface area contributed by atoms with Gasteiger partial charge in [-0.15, -0.1) is 0 Å². The number of hydrogen-bond acceptors (Lipinski definition) is 3. The highest BCUT2D eigenvalue weighted by molar-refractivity contribution is 7.89. The van der Waals surface area contributed by atoms with Crippen molar-refractivity contribution in [1.29, 1.82) is 0 Å². The van der Waals surface area contributed by atoms with Gasteiger partial charge in [-0.2, -0.15) is 0 Å². The van der Waals surface area contributed by atoms with Crippen LogP contribution in [0, 0.1) is 5.92 Å². The van der Waals surface area contributed by atoms with E-state index in [4.69, 9.17) is 5.11 Å². The van der Waals surface area contributed by atoms with Crippen molar-refractivity contribution in [3.8, 4) is 0 Å². The first-order valence-electron chi connectivity index (χ1n) is 7.30. The molecular weight excluding hydrogens is 328 g/mol. The molecular formula is C15H19F2NO4S. The summed E-state index contributed by atoms with van der Waals surface area (Å²) < 4.78 is 52.6. The molecule has 128 valence electrons. The van der Waals surface area contributed by atoms with E-state index in [1.807, 2.05) is 0 Å². The van der Waals surface area contributed by atoms with E-state index in [1.165, 1.54) is 12.1 Å². The predicted octanol–water partition coefficient (Wildman–Crippen LogP) is 2.42. The number of carboxylic acids is 1. The van der Waals surface area contributed by atoms with Crippen LogP contribution in [0.4, 0.5) is 8.78 Å². The van der Waals surface area contributed by atoms with E-state index >= 15 is 0 Å². The highest BCUT2D eigenvalue weighted by Gasteiger charge is 2.47. The molecule has 2 rings (SSSR count). The highest BCUT2D eigenvalue weighted by Crippen LogP contribution is 2.44. The van der Waals surface area contributed by atoms with Crippen LogP contribution in [0.15, 0.2) is 29.2 Å². The smallest absolute Gasteiger partial charge is 0.303 e. The van der Waals surface area contributed by atoms with Crippen molar-refractivity contribution in [3.63, 3.8) is 0 Å². The van der Waals surface area contributed by atoms with Gasteiger partial charge >= 0.3 is 5.97 Å². The molecule has 0 radical (unpaired) electrons. The maximum absolute atomic E-state index is 12.9. The van der Waals surface area contributed by atoms with E-state index in [9.17, 15) is 22.0 Å². The monoisotopic (exact) mass is 347 g/mol. The average molecular weight is 347 g/mol. The lowest BCUT2D eigenvalue weighted by Crippen LogP contribution is -2.48. The summed E-state index contributed by atoms with van der Waals surface area (Å²) in [5.41, 5.74) is 0.720. The predicted molar refractivity (Wildman–Crippen MR) is 79.9 cm³/mol. The quantitative estimate of drug-likeness (QED) is 0.793. The van der Waals surface area contributed by atoms with Gasteiger partial charge in [-0.3, -0.25) is 4.79 Å². The summed E-state index contributed by atoms with van der Waals surface area (Å²) in [5, 5.41) is 8.62. The minimum atomic E-state index is -3.78. The fourth-order valence-electron chi connectivity index (χ4n) is 2.56. The number of carbonyl (C=O) groups is 1. The molecule has 1 aromatic rings. The Morgan fingerprint density at radius 3 is 2.39 bits per heavy atom. The first-order chi connectivity index (χ1) is 10.6. The zero-order valence-corrected chi connectivity index (χ0v) is 13.4. The van der Waals surface area contributed by atoms with Crippen LogP contribution >= 0.6 is 0 Å². The fraction of sp³-hybridized carbons (Fsp3) is 0.533. The lowest BCUT2D eigenvalue weighted by molar-refractivity contribution is -0.136. The van der Waals surface area contributed by atoms with Crippen LogP contribution in [-0.2, 0) is 21.2 Å². The number of halogens is 2. The summed E-state index contributed by atoms with van der Waals surface area (Å²) in [6.45, 7) is 1.58. The van der Waals surface area contributed by atoms with E-state index in [0.29, 0.717) is 6.42 Å². The fourth-order valence-corrected chi connectivity index (χ4v) is 3.87. The number of carboxylic acid groups (broad SMARTS) is 1. The third-order valence-electron chi connectivity index (χ3n) is 4.03. The molecule has 1 fully saturated rings. The van der Waals surface area contributed by atoms with Crippen molar-refractivity contribution in [2.45, 2.75) is 49.5 Å². The van der Waals surface area contributed by atoms with Crippen LogP contribution in [0.2, 0.25) is 0 Å². The van der Waals surface area contributed by atoms with Gasteiger partial charge in [0.15, 0.2) is 0 Å². The van der Waals surface area contributed by atoms with Crippen molar-refractivity contribution < 1.29 is 27.1 Å². The van der Waals surface area contributed by atoms with Crippen molar-refractivity contribution in [1.82, 2.24) is 4.72 Å². The maximum Gasteiger partial charge on any atom is 0.303 e. The number of aliphatic carboxylic acids is 1. The minimum Gasteiger partial charge on any atom is -0.481 e. The van der Waals surface area contributed by atoms with Crippen LogP contribution in [0.25, 0.3) is 0 Å². The Morgan fingerprint density at radius 1 is 1.35 bits per heavy atom. The molecule has 0 bridgehead atoms. The van der Waals surface area contributed by atoms with E-state index in [0.717, 1.165) is 5.56 Å². The number of benzene rings is 1. The third kappa shape index (κ3) is 4.71. The summed E-state index contributed by atoms with van der Waals surface area (Å²) in [4.78, 5) is 10.5. The van der Waals surface area contributed by atoms with Gasteiger partial charge in [0, 0.05) is 25.3 Å². The molecule has 1 aromatic carbocycles. The molecule has 1 saturated carbocycles. The van der Waals surface area contributed by atoms with Gasteiger partial charge in [-0.1, -0.05) is 12.1 Å².